The van der Waals surface area contributed by atoms with E-state index >= 15 is 0 Å². The van der Waals surface area contributed by atoms with Gasteiger partial charge in [-0.3, -0.25) is 9.59 Å². The molecule has 3 heterocycles. The number of hydrogen-bond donors (Lipinski definition) is 3. The molecule has 0 spiro atoms. The average Bonchev–Trinajstić information content (AvgIpc) is 3.73. The quantitative estimate of drug-likeness (QED) is 0.412. The first kappa shape index (κ1) is 24.0. The molecule has 2 aliphatic rings. The molecule has 2 aromatic heterocycles. The van der Waals surface area contributed by atoms with Gasteiger partial charge in [0.15, 0.2) is 0 Å². The van der Waals surface area contributed by atoms with Crippen LogP contribution in [0.15, 0.2) is 53.3 Å². The van der Waals surface area contributed by atoms with Gasteiger partial charge in [-0.15, -0.1) is 0 Å². The van der Waals surface area contributed by atoms with Gasteiger partial charge in [0.2, 0.25) is 5.91 Å². The first-order valence-corrected chi connectivity index (χ1v) is 12.8. The van der Waals surface area contributed by atoms with Gasteiger partial charge >= 0.3 is 0 Å². The Labute approximate surface area is 210 Å². The number of fused-ring (bicyclic) bond motifs is 1. The molecule has 36 heavy (non-hydrogen) atoms. The number of carbonyl (C=O) groups excluding carboxylic acids is 1. The fraction of sp³-hybridized carbons (Fsp3) is 0.393. The van der Waals surface area contributed by atoms with Gasteiger partial charge in [-0.2, -0.15) is 0 Å². The summed E-state index contributed by atoms with van der Waals surface area (Å²) in [5, 5.41) is 9.53. The monoisotopic (exact) mass is 489 g/mol. The van der Waals surface area contributed by atoms with Crippen LogP contribution in [0, 0.1) is 5.82 Å². The van der Waals surface area contributed by atoms with Crippen LogP contribution in [0.3, 0.4) is 0 Å². The number of benzene rings is 1. The molecule has 1 aliphatic heterocycles. The Balaban J connectivity index is 1.32. The van der Waals surface area contributed by atoms with Crippen LogP contribution >= 0.6 is 0 Å². The van der Waals surface area contributed by atoms with Crippen molar-refractivity contribution >= 4 is 17.4 Å². The smallest absolute Gasteiger partial charge is 0.274 e. The van der Waals surface area contributed by atoms with Crippen LogP contribution in [-0.2, 0) is 24.3 Å². The minimum atomic E-state index is -0.338. The molecule has 0 bridgehead atoms. The van der Waals surface area contributed by atoms with Crippen molar-refractivity contribution in [1.82, 2.24) is 14.9 Å². The molecule has 1 fully saturated rings. The Morgan fingerprint density at radius 2 is 2.08 bits per heavy atom. The number of aryl methyl sites for hydroxylation is 1. The molecule has 7 nitrogen and oxygen atoms in total. The molecule has 1 aromatic carbocycles. The predicted octanol–water partition coefficient (Wildman–Crippen LogP) is 4.50. The lowest BCUT2D eigenvalue weighted by molar-refractivity contribution is -0.122. The molecule has 1 atom stereocenters. The van der Waals surface area contributed by atoms with Gasteiger partial charge < -0.3 is 20.5 Å². The number of nitrogens with one attached hydrogen (secondary N) is 3. The third-order valence-corrected chi connectivity index (χ3v) is 6.91. The van der Waals surface area contributed by atoms with Gasteiger partial charge in [0.05, 0.1) is 18.3 Å². The third-order valence-electron chi connectivity index (χ3n) is 6.91. The van der Waals surface area contributed by atoms with Gasteiger partial charge in [0.25, 0.3) is 5.56 Å². The highest BCUT2D eigenvalue weighted by Crippen LogP contribution is 2.39. The Morgan fingerprint density at radius 1 is 1.22 bits per heavy atom. The zero-order chi connectivity index (χ0) is 25.1. The summed E-state index contributed by atoms with van der Waals surface area (Å²) in [4.78, 5) is 31.1. The summed E-state index contributed by atoms with van der Waals surface area (Å²) in [6.07, 6.45) is 4.77. The van der Waals surface area contributed by atoms with E-state index in [1.165, 1.54) is 17.7 Å². The van der Waals surface area contributed by atoms with E-state index in [9.17, 15) is 14.0 Å². The number of hydrogen-bond acceptors (Lipinski definition) is 5. The lowest BCUT2D eigenvalue weighted by Gasteiger charge is -2.20. The molecule has 1 saturated carbocycles. The van der Waals surface area contributed by atoms with Crippen molar-refractivity contribution in [2.24, 2.45) is 0 Å². The van der Waals surface area contributed by atoms with Crippen molar-refractivity contribution < 1.29 is 9.18 Å². The predicted molar refractivity (Wildman–Crippen MR) is 139 cm³/mol. The number of rotatable bonds is 9. The van der Waals surface area contributed by atoms with Gasteiger partial charge in [-0.1, -0.05) is 25.1 Å². The van der Waals surface area contributed by atoms with Gasteiger partial charge in [-0.25, -0.2) is 9.37 Å². The van der Waals surface area contributed by atoms with Crippen molar-refractivity contribution in [3.8, 4) is 0 Å². The molecule has 1 amide bonds. The Morgan fingerprint density at radius 3 is 2.86 bits per heavy atom. The summed E-state index contributed by atoms with van der Waals surface area (Å²) in [7, 11) is 0. The molecule has 3 N–H and O–H groups in total. The minimum Gasteiger partial charge on any atom is -0.375 e. The summed E-state index contributed by atoms with van der Waals surface area (Å²) in [6.45, 7) is 3.19. The van der Waals surface area contributed by atoms with E-state index in [1.807, 2.05) is 25.1 Å². The second-order valence-electron chi connectivity index (χ2n) is 9.62. The molecule has 0 saturated heterocycles. The van der Waals surface area contributed by atoms with E-state index in [0.717, 1.165) is 49.4 Å². The zero-order valence-electron chi connectivity index (χ0n) is 20.5. The van der Waals surface area contributed by atoms with Crippen molar-refractivity contribution in [3.63, 3.8) is 0 Å². The number of anilines is 2. The number of aromatic nitrogens is 2. The number of nitrogens with zero attached hydrogens (tertiary/aromatic N) is 2. The standard InChI is InChI=1S/C28H32FN5O2/c1-2-23(20-5-3-7-21(29)15-20)33-26(35)17-34-25(18-8-9-18)13-12-24(28(34)36)31-16-22-11-10-19-6-4-14-30-27(19)32-22/h3,5,7,10-13,15,18,23,31H,2,4,6,8-9,14,16-17H2,1H3,(H,30,32)(H,33,35). The second-order valence-corrected chi connectivity index (χ2v) is 9.62. The van der Waals surface area contributed by atoms with Crippen LogP contribution in [0.5, 0.6) is 0 Å². The van der Waals surface area contributed by atoms with E-state index in [-0.39, 0.29) is 29.9 Å². The molecule has 0 radical (unpaired) electrons. The molecule has 3 aromatic rings. The van der Waals surface area contributed by atoms with E-state index in [4.69, 9.17) is 0 Å². The van der Waals surface area contributed by atoms with Crippen LogP contribution < -0.4 is 21.5 Å². The Kier molecular flexibility index (Phi) is 7.02. The molecule has 8 heteroatoms. The number of amides is 1. The molecule has 188 valence electrons. The van der Waals surface area contributed by atoms with Crippen molar-refractivity contribution in [1.29, 1.82) is 0 Å². The highest BCUT2D eigenvalue weighted by molar-refractivity contribution is 5.76. The fourth-order valence-corrected chi connectivity index (χ4v) is 4.81. The molecular formula is C28H32FN5O2. The van der Waals surface area contributed by atoms with Gasteiger partial charge in [0, 0.05) is 12.2 Å². The highest BCUT2D eigenvalue weighted by atomic mass is 19.1. The topological polar surface area (TPSA) is 88.1 Å². The lowest BCUT2D eigenvalue weighted by Crippen LogP contribution is -2.36. The summed E-state index contributed by atoms with van der Waals surface area (Å²) >= 11 is 0. The average molecular weight is 490 g/mol. The van der Waals surface area contributed by atoms with E-state index in [2.05, 4.69) is 27.0 Å². The Hall–Kier alpha value is -3.68. The highest BCUT2D eigenvalue weighted by Gasteiger charge is 2.28. The van der Waals surface area contributed by atoms with Gasteiger partial charge in [-0.05, 0) is 79.5 Å². The van der Waals surface area contributed by atoms with E-state index in [1.54, 1.807) is 16.7 Å². The number of halogens is 1. The molecule has 1 unspecified atom stereocenters. The van der Waals surface area contributed by atoms with Crippen LogP contribution in [-0.4, -0.2) is 22.0 Å². The second kappa shape index (κ2) is 10.5. The van der Waals surface area contributed by atoms with Crippen LogP contribution in [0.2, 0.25) is 0 Å². The minimum absolute atomic E-state index is 0.0764. The van der Waals surface area contributed by atoms with Crippen molar-refractivity contribution in [2.45, 2.75) is 64.1 Å². The summed E-state index contributed by atoms with van der Waals surface area (Å²) in [5.41, 5.74) is 3.88. The third kappa shape index (κ3) is 5.42. The number of pyridine rings is 2. The van der Waals surface area contributed by atoms with Crippen LogP contribution in [0.25, 0.3) is 0 Å². The first-order valence-electron chi connectivity index (χ1n) is 12.8. The fourth-order valence-electron chi connectivity index (χ4n) is 4.81. The van der Waals surface area contributed by atoms with E-state index in [0.29, 0.717) is 30.1 Å². The van der Waals surface area contributed by atoms with Gasteiger partial charge in [0.1, 0.15) is 23.9 Å². The maximum atomic E-state index is 13.7. The maximum Gasteiger partial charge on any atom is 0.274 e. The summed E-state index contributed by atoms with van der Waals surface area (Å²) in [6, 6.07) is 13.8. The summed E-state index contributed by atoms with van der Waals surface area (Å²) < 4.78 is 15.3. The normalized spacial score (nSPS) is 15.5. The maximum absolute atomic E-state index is 13.7. The van der Waals surface area contributed by atoms with Crippen LogP contribution in [0.1, 0.15) is 67.1 Å². The lowest BCUT2D eigenvalue weighted by atomic mass is 10.0. The molecule has 5 rings (SSSR count). The van der Waals surface area contributed by atoms with E-state index < -0.39 is 0 Å². The van der Waals surface area contributed by atoms with Crippen LogP contribution in [0.4, 0.5) is 15.9 Å². The number of carbonyl (C=O) groups is 1. The molecular weight excluding hydrogens is 457 g/mol. The summed E-state index contributed by atoms with van der Waals surface area (Å²) in [5.74, 6) is 0.616. The van der Waals surface area contributed by atoms with Crippen molar-refractivity contribution in [3.05, 3.63) is 87.2 Å². The molecule has 1 aliphatic carbocycles. The Bertz CT molecular complexity index is 1320. The largest absolute Gasteiger partial charge is 0.375 e. The van der Waals surface area contributed by atoms with Crippen molar-refractivity contribution in [2.75, 3.05) is 17.2 Å². The first-order chi connectivity index (χ1) is 17.5. The SMILES string of the molecule is CCC(NC(=O)Cn1c(C2CC2)ccc(NCc2ccc3c(n2)NCCC3)c1=O)c1cccc(F)c1. The zero-order valence-corrected chi connectivity index (χ0v) is 20.5.